The van der Waals surface area contributed by atoms with Crippen LogP contribution in [0.3, 0.4) is 0 Å². The zero-order valence-corrected chi connectivity index (χ0v) is 11.5. The average molecular weight is 267 g/mol. The smallest absolute Gasteiger partial charge is 0.176 e. The van der Waals surface area contributed by atoms with Crippen LogP contribution in [0.2, 0.25) is 0 Å². The van der Waals surface area contributed by atoms with E-state index in [1.807, 2.05) is 16.9 Å². The highest BCUT2D eigenvalue weighted by molar-refractivity contribution is 7.10. The van der Waals surface area contributed by atoms with Gasteiger partial charge in [-0.25, -0.2) is 0 Å². The van der Waals surface area contributed by atoms with Crippen LogP contribution in [0.5, 0.6) is 0 Å². The Bertz CT molecular complexity index is 490. The Labute approximate surface area is 111 Å². The normalized spacial score (nSPS) is 11.3. The first-order valence-corrected chi connectivity index (χ1v) is 6.91. The van der Waals surface area contributed by atoms with Gasteiger partial charge in [0.2, 0.25) is 0 Å². The summed E-state index contributed by atoms with van der Waals surface area (Å²) in [6.45, 7) is 6.74. The lowest BCUT2D eigenvalue weighted by molar-refractivity contribution is 0.482. The maximum Gasteiger partial charge on any atom is 0.176 e. The van der Waals surface area contributed by atoms with Gasteiger partial charge in [0, 0.05) is 36.3 Å². The molecule has 0 saturated heterocycles. The molecule has 2 heterocycles. The molecular formula is C13H18FN3S. The molecule has 0 radical (unpaired) electrons. The zero-order chi connectivity index (χ0) is 13.0. The van der Waals surface area contributed by atoms with Crippen LogP contribution in [-0.4, -0.2) is 9.78 Å². The second-order valence-electron chi connectivity index (χ2n) is 4.77. The third-order valence-electron chi connectivity index (χ3n) is 2.50. The quantitative estimate of drug-likeness (QED) is 0.872. The number of thiophene rings is 1. The SMILES string of the molecule is CC(C)Cn1cc(CNCc2ccc(F)s2)cn1. The van der Waals surface area contributed by atoms with Crippen molar-refractivity contribution < 1.29 is 4.39 Å². The van der Waals surface area contributed by atoms with E-state index in [1.165, 1.54) is 17.4 Å². The van der Waals surface area contributed by atoms with Crippen molar-refractivity contribution in [2.45, 2.75) is 33.5 Å². The molecule has 2 aromatic rings. The highest BCUT2D eigenvalue weighted by Crippen LogP contribution is 2.13. The van der Waals surface area contributed by atoms with Crippen LogP contribution in [0.4, 0.5) is 4.39 Å². The van der Waals surface area contributed by atoms with Gasteiger partial charge in [-0.3, -0.25) is 4.68 Å². The second kappa shape index (κ2) is 6.11. The molecule has 18 heavy (non-hydrogen) atoms. The van der Waals surface area contributed by atoms with E-state index in [0.717, 1.165) is 23.5 Å². The van der Waals surface area contributed by atoms with Crippen LogP contribution in [0.15, 0.2) is 24.5 Å². The lowest BCUT2D eigenvalue weighted by Gasteiger charge is -2.03. The average Bonchev–Trinajstić information content (AvgIpc) is 2.88. The lowest BCUT2D eigenvalue weighted by atomic mass is 10.2. The minimum Gasteiger partial charge on any atom is -0.308 e. The van der Waals surface area contributed by atoms with Gasteiger partial charge in [0.1, 0.15) is 0 Å². The van der Waals surface area contributed by atoms with Crippen LogP contribution in [0, 0.1) is 11.0 Å². The molecule has 3 nitrogen and oxygen atoms in total. The van der Waals surface area contributed by atoms with E-state index in [-0.39, 0.29) is 5.13 Å². The first-order chi connectivity index (χ1) is 8.63. The maximum absolute atomic E-state index is 12.8. The number of halogens is 1. The number of rotatable bonds is 6. The van der Waals surface area contributed by atoms with E-state index in [2.05, 4.69) is 30.5 Å². The van der Waals surface area contributed by atoms with Crippen LogP contribution in [0.25, 0.3) is 0 Å². The van der Waals surface area contributed by atoms with Crippen molar-refractivity contribution in [3.63, 3.8) is 0 Å². The number of nitrogens with one attached hydrogen (secondary N) is 1. The first kappa shape index (κ1) is 13.2. The fraction of sp³-hybridized carbons (Fsp3) is 0.462. The molecule has 0 unspecified atom stereocenters. The van der Waals surface area contributed by atoms with E-state index in [9.17, 15) is 4.39 Å². The summed E-state index contributed by atoms with van der Waals surface area (Å²) in [6, 6.07) is 3.32. The maximum atomic E-state index is 12.8. The van der Waals surface area contributed by atoms with E-state index < -0.39 is 0 Å². The minimum absolute atomic E-state index is 0.128. The summed E-state index contributed by atoms with van der Waals surface area (Å²) in [4.78, 5) is 1.02. The predicted molar refractivity (Wildman–Crippen MR) is 71.9 cm³/mol. The zero-order valence-electron chi connectivity index (χ0n) is 10.7. The van der Waals surface area contributed by atoms with Crippen LogP contribution in [0.1, 0.15) is 24.3 Å². The summed E-state index contributed by atoms with van der Waals surface area (Å²) < 4.78 is 14.7. The Kier molecular flexibility index (Phi) is 4.49. The third kappa shape index (κ3) is 3.92. The molecule has 0 aliphatic carbocycles. The summed E-state index contributed by atoms with van der Waals surface area (Å²) >= 11 is 1.19. The Hall–Kier alpha value is -1.20. The molecular weight excluding hydrogens is 249 g/mol. The van der Waals surface area contributed by atoms with Crippen molar-refractivity contribution in [3.05, 3.63) is 40.1 Å². The van der Waals surface area contributed by atoms with Crippen molar-refractivity contribution in [2.24, 2.45) is 5.92 Å². The lowest BCUT2D eigenvalue weighted by Crippen LogP contribution is -2.11. The largest absolute Gasteiger partial charge is 0.308 e. The van der Waals surface area contributed by atoms with Gasteiger partial charge in [-0.15, -0.1) is 11.3 Å². The van der Waals surface area contributed by atoms with Crippen molar-refractivity contribution in [1.29, 1.82) is 0 Å². The Morgan fingerprint density at radius 3 is 2.89 bits per heavy atom. The summed E-state index contributed by atoms with van der Waals surface area (Å²) in [7, 11) is 0. The van der Waals surface area contributed by atoms with E-state index in [4.69, 9.17) is 0 Å². The van der Waals surface area contributed by atoms with Gasteiger partial charge in [-0.1, -0.05) is 13.8 Å². The summed E-state index contributed by atoms with van der Waals surface area (Å²) in [5.41, 5.74) is 1.16. The standard InChI is InChI=1S/C13H18FN3S/c1-10(2)8-17-9-11(6-16-17)5-15-7-12-3-4-13(14)18-12/h3-4,6,9-10,15H,5,7-8H2,1-2H3. The Morgan fingerprint density at radius 1 is 1.39 bits per heavy atom. The van der Waals surface area contributed by atoms with Gasteiger partial charge in [0.05, 0.1) is 6.20 Å². The minimum atomic E-state index is -0.128. The molecule has 98 valence electrons. The number of nitrogens with zero attached hydrogens (tertiary/aromatic N) is 2. The van der Waals surface area contributed by atoms with Gasteiger partial charge in [-0.05, 0) is 18.1 Å². The van der Waals surface area contributed by atoms with Crippen LogP contribution < -0.4 is 5.32 Å². The molecule has 0 atom stereocenters. The van der Waals surface area contributed by atoms with E-state index in [0.29, 0.717) is 12.5 Å². The Balaban J connectivity index is 1.78. The molecule has 0 bridgehead atoms. The highest BCUT2D eigenvalue weighted by Gasteiger charge is 2.02. The second-order valence-corrected chi connectivity index (χ2v) is 5.89. The summed E-state index contributed by atoms with van der Waals surface area (Å²) in [5, 5.41) is 7.47. The molecule has 1 N–H and O–H groups in total. The van der Waals surface area contributed by atoms with Crippen LogP contribution >= 0.6 is 11.3 Å². The molecule has 0 saturated carbocycles. The Morgan fingerprint density at radius 2 is 2.22 bits per heavy atom. The van der Waals surface area contributed by atoms with Crippen molar-refractivity contribution in [1.82, 2.24) is 15.1 Å². The topological polar surface area (TPSA) is 29.9 Å². The third-order valence-corrected chi connectivity index (χ3v) is 3.37. The first-order valence-electron chi connectivity index (χ1n) is 6.10. The van der Waals surface area contributed by atoms with Crippen molar-refractivity contribution >= 4 is 11.3 Å². The number of aromatic nitrogens is 2. The van der Waals surface area contributed by atoms with Crippen molar-refractivity contribution in [2.75, 3.05) is 0 Å². The molecule has 0 amide bonds. The number of hydrogen-bond acceptors (Lipinski definition) is 3. The molecule has 0 aliphatic rings. The van der Waals surface area contributed by atoms with E-state index in [1.54, 1.807) is 0 Å². The summed E-state index contributed by atoms with van der Waals surface area (Å²) in [5.74, 6) is 0.597. The van der Waals surface area contributed by atoms with Crippen LogP contribution in [-0.2, 0) is 19.6 Å². The highest BCUT2D eigenvalue weighted by atomic mass is 32.1. The van der Waals surface area contributed by atoms with Gasteiger partial charge < -0.3 is 5.32 Å². The van der Waals surface area contributed by atoms with Gasteiger partial charge in [0.25, 0.3) is 0 Å². The molecule has 0 aliphatic heterocycles. The molecule has 0 fully saturated rings. The van der Waals surface area contributed by atoms with E-state index >= 15 is 0 Å². The molecule has 0 spiro atoms. The predicted octanol–water partition coefficient (Wildman–Crippen LogP) is 3.03. The van der Waals surface area contributed by atoms with Crippen molar-refractivity contribution in [3.8, 4) is 0 Å². The molecule has 2 aromatic heterocycles. The molecule has 5 heteroatoms. The molecule has 2 rings (SSSR count). The summed E-state index contributed by atoms with van der Waals surface area (Å²) in [6.07, 6.45) is 3.94. The fourth-order valence-corrected chi connectivity index (χ4v) is 2.45. The monoisotopic (exact) mass is 267 g/mol. The van der Waals surface area contributed by atoms with Gasteiger partial charge >= 0.3 is 0 Å². The van der Waals surface area contributed by atoms with Gasteiger partial charge in [0.15, 0.2) is 5.13 Å². The fourth-order valence-electron chi connectivity index (χ4n) is 1.75. The van der Waals surface area contributed by atoms with Gasteiger partial charge in [-0.2, -0.15) is 9.49 Å². The molecule has 0 aromatic carbocycles. The number of hydrogen-bond donors (Lipinski definition) is 1.